The first kappa shape index (κ1) is 20.8. The van der Waals surface area contributed by atoms with Gasteiger partial charge in [0.05, 0.1) is 11.1 Å². The number of carbonyl (C=O) groups is 2. The second kappa shape index (κ2) is 9.16. The molecule has 3 heterocycles. The number of benzene rings is 1. The fraction of sp³-hybridized carbons (Fsp3) is 0.391. The van der Waals surface area contributed by atoms with Gasteiger partial charge in [0, 0.05) is 44.9 Å². The molecule has 0 saturated carbocycles. The van der Waals surface area contributed by atoms with Crippen LogP contribution in [0.25, 0.3) is 0 Å². The average molecular weight is 422 g/mol. The van der Waals surface area contributed by atoms with Crippen LogP contribution >= 0.6 is 0 Å². The van der Waals surface area contributed by atoms with Crippen molar-refractivity contribution in [3.63, 3.8) is 0 Å². The second-order valence-electron chi connectivity index (χ2n) is 8.06. The number of piperidine rings is 1. The molecule has 31 heavy (non-hydrogen) atoms. The largest absolute Gasteiger partial charge is 0.392 e. The highest BCUT2D eigenvalue weighted by atomic mass is 16.6. The highest BCUT2D eigenvalue weighted by Crippen LogP contribution is 2.39. The van der Waals surface area contributed by atoms with E-state index in [4.69, 9.17) is 4.84 Å². The Labute approximate surface area is 181 Å². The Morgan fingerprint density at radius 1 is 1.26 bits per heavy atom. The number of carbonyl (C=O) groups excluding carboxylic acids is 2. The summed E-state index contributed by atoms with van der Waals surface area (Å²) in [4.78, 5) is 37.2. The van der Waals surface area contributed by atoms with Crippen molar-refractivity contribution in [1.29, 1.82) is 0 Å². The Balaban J connectivity index is 1.44. The molecule has 2 aliphatic rings. The molecule has 162 valence electrons. The van der Waals surface area contributed by atoms with Gasteiger partial charge < -0.3 is 15.1 Å². The Morgan fingerprint density at radius 2 is 2.03 bits per heavy atom. The number of rotatable bonds is 6. The summed E-state index contributed by atoms with van der Waals surface area (Å²) in [6.07, 6.45) is 8.57. The van der Waals surface area contributed by atoms with E-state index in [2.05, 4.69) is 22.0 Å². The molecule has 2 aromatic rings. The molecule has 1 aromatic heterocycles. The first-order chi connectivity index (χ1) is 15.1. The van der Waals surface area contributed by atoms with Gasteiger partial charge in [0.1, 0.15) is 12.4 Å². The van der Waals surface area contributed by atoms with Crippen molar-refractivity contribution < 1.29 is 14.4 Å². The predicted molar refractivity (Wildman–Crippen MR) is 117 cm³/mol. The summed E-state index contributed by atoms with van der Waals surface area (Å²) in [5.74, 6) is -0.0149. The molecule has 0 bridgehead atoms. The van der Waals surface area contributed by atoms with Gasteiger partial charge in [0.15, 0.2) is 0 Å². The van der Waals surface area contributed by atoms with Gasteiger partial charge in [-0.1, -0.05) is 41.6 Å². The normalized spacial score (nSPS) is 19.9. The van der Waals surface area contributed by atoms with Crippen molar-refractivity contribution in [2.45, 2.75) is 31.8 Å². The zero-order valence-electron chi connectivity index (χ0n) is 17.4. The fourth-order valence-electron chi connectivity index (χ4n) is 4.31. The maximum Gasteiger partial charge on any atom is 0.329 e. The molecule has 1 unspecified atom stereocenters. The minimum absolute atomic E-state index is 0.0149. The van der Waals surface area contributed by atoms with E-state index >= 15 is 0 Å². The van der Waals surface area contributed by atoms with Crippen molar-refractivity contribution >= 4 is 17.6 Å². The lowest BCUT2D eigenvalue weighted by atomic mass is 9.72. The minimum Gasteiger partial charge on any atom is -0.392 e. The van der Waals surface area contributed by atoms with E-state index in [9.17, 15) is 9.59 Å². The first-order valence-electron chi connectivity index (χ1n) is 10.6. The molecule has 8 nitrogen and oxygen atoms in total. The molecule has 8 heteroatoms. The van der Waals surface area contributed by atoms with Gasteiger partial charge in [-0.2, -0.15) is 0 Å². The smallest absolute Gasteiger partial charge is 0.329 e. The number of hydrogen-bond donors (Lipinski definition) is 1. The van der Waals surface area contributed by atoms with Crippen molar-refractivity contribution in [3.05, 3.63) is 67.3 Å². The Bertz CT molecular complexity index is 947. The third-order valence-electron chi connectivity index (χ3n) is 6.06. The summed E-state index contributed by atoms with van der Waals surface area (Å²) in [6.45, 7) is 5.10. The van der Waals surface area contributed by atoms with Crippen LogP contribution in [0.4, 0.5) is 4.79 Å². The van der Waals surface area contributed by atoms with Crippen LogP contribution in [0.3, 0.4) is 0 Å². The molecule has 1 atom stereocenters. The average Bonchev–Trinajstić information content (AvgIpc) is 3.50. The standard InChI is InChI=1S/C23H27N5O3/c1-2-10-25-21(29)23(8-12-27(13-9-23)22(30)28-14-11-24-17-28)16-19-15-20(26-31-19)18-6-4-3-5-7-18/h2-7,11,14,17,19H,1,8-10,12-13,15-16H2,(H,25,29). The molecule has 0 aliphatic carbocycles. The van der Waals surface area contributed by atoms with Gasteiger partial charge in [-0.05, 0) is 18.4 Å². The highest BCUT2D eigenvalue weighted by Gasteiger charge is 2.45. The Hall–Kier alpha value is -3.42. The number of nitrogens with one attached hydrogen (secondary N) is 1. The van der Waals surface area contributed by atoms with Gasteiger partial charge in [0.25, 0.3) is 0 Å². The molecule has 1 saturated heterocycles. The summed E-state index contributed by atoms with van der Waals surface area (Å²) in [5, 5.41) is 7.24. The van der Waals surface area contributed by atoms with Gasteiger partial charge in [-0.25, -0.2) is 9.78 Å². The maximum absolute atomic E-state index is 13.2. The van der Waals surface area contributed by atoms with Crippen molar-refractivity contribution in [2.24, 2.45) is 10.6 Å². The van der Waals surface area contributed by atoms with Crippen LogP contribution in [0, 0.1) is 5.41 Å². The van der Waals surface area contributed by atoms with E-state index in [0.29, 0.717) is 45.3 Å². The van der Waals surface area contributed by atoms with Gasteiger partial charge in [-0.3, -0.25) is 9.36 Å². The molecular weight excluding hydrogens is 394 g/mol. The van der Waals surface area contributed by atoms with Crippen molar-refractivity contribution in [2.75, 3.05) is 19.6 Å². The van der Waals surface area contributed by atoms with Crippen LogP contribution in [0.1, 0.15) is 31.2 Å². The minimum atomic E-state index is -0.610. The highest BCUT2D eigenvalue weighted by molar-refractivity contribution is 6.01. The van der Waals surface area contributed by atoms with Crippen LogP contribution in [-0.2, 0) is 9.63 Å². The molecule has 4 rings (SSSR count). The summed E-state index contributed by atoms with van der Waals surface area (Å²) in [6, 6.07) is 9.82. The van der Waals surface area contributed by atoms with Crippen LogP contribution in [0.15, 0.2) is 66.9 Å². The molecule has 0 radical (unpaired) electrons. The summed E-state index contributed by atoms with van der Waals surface area (Å²) in [7, 11) is 0. The number of hydrogen-bond acceptors (Lipinski definition) is 5. The Morgan fingerprint density at radius 3 is 2.71 bits per heavy atom. The van der Waals surface area contributed by atoms with Crippen molar-refractivity contribution in [3.8, 4) is 0 Å². The van der Waals surface area contributed by atoms with E-state index in [-0.39, 0.29) is 18.0 Å². The maximum atomic E-state index is 13.2. The number of oxime groups is 1. The van der Waals surface area contributed by atoms with Crippen LogP contribution in [-0.4, -0.2) is 57.8 Å². The van der Waals surface area contributed by atoms with E-state index in [0.717, 1.165) is 11.3 Å². The molecule has 2 aliphatic heterocycles. The van der Waals surface area contributed by atoms with Gasteiger partial charge in [0.2, 0.25) is 5.91 Å². The first-order valence-corrected chi connectivity index (χ1v) is 10.6. The number of likely N-dealkylation sites (tertiary alicyclic amines) is 1. The molecule has 2 amide bonds. The van der Waals surface area contributed by atoms with Gasteiger partial charge in [-0.15, -0.1) is 6.58 Å². The number of nitrogens with zero attached hydrogens (tertiary/aromatic N) is 4. The fourth-order valence-corrected chi connectivity index (χ4v) is 4.31. The van der Waals surface area contributed by atoms with Crippen LogP contribution in [0.5, 0.6) is 0 Å². The molecule has 1 aromatic carbocycles. The summed E-state index contributed by atoms with van der Waals surface area (Å²) < 4.78 is 1.46. The third-order valence-corrected chi connectivity index (χ3v) is 6.06. The molecule has 1 N–H and O–H groups in total. The lowest BCUT2D eigenvalue weighted by Crippen LogP contribution is -2.52. The topological polar surface area (TPSA) is 88.8 Å². The lowest BCUT2D eigenvalue weighted by Gasteiger charge is -2.41. The molecule has 1 fully saturated rings. The van der Waals surface area contributed by atoms with E-state index in [1.165, 1.54) is 10.9 Å². The van der Waals surface area contributed by atoms with E-state index in [1.54, 1.807) is 23.4 Å². The second-order valence-corrected chi connectivity index (χ2v) is 8.06. The van der Waals surface area contributed by atoms with Gasteiger partial charge >= 0.3 is 6.03 Å². The number of aromatic nitrogens is 2. The van der Waals surface area contributed by atoms with E-state index in [1.807, 2.05) is 30.3 Å². The molecule has 0 spiro atoms. The third kappa shape index (κ3) is 4.52. The number of amides is 2. The number of imidazole rings is 1. The predicted octanol–water partition coefficient (Wildman–Crippen LogP) is 2.82. The zero-order valence-corrected chi connectivity index (χ0v) is 17.4. The summed E-state index contributed by atoms with van der Waals surface area (Å²) in [5.41, 5.74) is 1.33. The molecular formula is C23H27N5O3. The summed E-state index contributed by atoms with van der Waals surface area (Å²) >= 11 is 0. The quantitative estimate of drug-likeness (QED) is 0.727. The van der Waals surface area contributed by atoms with E-state index < -0.39 is 5.41 Å². The van der Waals surface area contributed by atoms with Crippen molar-refractivity contribution in [1.82, 2.24) is 19.8 Å². The van der Waals surface area contributed by atoms with Crippen LogP contribution < -0.4 is 5.32 Å². The Kier molecular flexibility index (Phi) is 6.16. The van der Waals surface area contributed by atoms with Crippen LogP contribution in [0.2, 0.25) is 0 Å². The monoisotopic (exact) mass is 421 g/mol. The lowest BCUT2D eigenvalue weighted by molar-refractivity contribution is -0.136. The SMILES string of the molecule is C=CCNC(=O)C1(CC2CC(c3ccccc3)=NO2)CCN(C(=O)n2ccnc2)CC1. The zero-order chi connectivity index (χ0) is 21.7.